The summed E-state index contributed by atoms with van der Waals surface area (Å²) in [5, 5.41) is 12.6. The highest BCUT2D eigenvalue weighted by Gasteiger charge is 2.22. The number of quaternary nitrogens is 1. The predicted molar refractivity (Wildman–Crippen MR) is 126 cm³/mol. The number of carbonyl (C=O) groups excluding carboxylic acids is 1. The molecule has 5 rings (SSSR count). The summed E-state index contributed by atoms with van der Waals surface area (Å²) in [4.78, 5) is 14.2. The molecule has 2 aliphatic heterocycles. The molecule has 2 aromatic carbocycles. The van der Waals surface area contributed by atoms with Gasteiger partial charge in [-0.2, -0.15) is 0 Å². The van der Waals surface area contributed by atoms with Crippen LogP contribution in [0, 0.1) is 0 Å². The molecule has 0 radical (unpaired) electrons. The van der Waals surface area contributed by atoms with Crippen LogP contribution in [0.5, 0.6) is 11.5 Å². The van der Waals surface area contributed by atoms with Gasteiger partial charge in [0.1, 0.15) is 19.8 Å². The smallest absolute Gasteiger partial charge is 0.234 e. The number of benzene rings is 2. The Morgan fingerprint density at radius 3 is 2.64 bits per heavy atom. The van der Waals surface area contributed by atoms with E-state index in [0.717, 1.165) is 17.5 Å². The van der Waals surface area contributed by atoms with Gasteiger partial charge < -0.3 is 19.7 Å². The molecule has 2 aliphatic rings. The Kier molecular flexibility index (Phi) is 6.78. The minimum absolute atomic E-state index is 0.0994. The zero-order valence-corrected chi connectivity index (χ0v) is 19.3. The van der Waals surface area contributed by atoms with Crippen molar-refractivity contribution in [3.8, 4) is 11.5 Å². The first-order valence-electron chi connectivity index (χ1n) is 11.4. The molecule has 9 heteroatoms. The number of ether oxygens (including phenoxy) is 2. The third kappa shape index (κ3) is 5.48. The van der Waals surface area contributed by atoms with Crippen LogP contribution in [0.3, 0.4) is 0 Å². The molecule has 1 amide bonds. The minimum atomic E-state index is -0.0994. The Morgan fingerprint density at radius 1 is 1.03 bits per heavy atom. The monoisotopic (exact) mass is 466 g/mol. The maximum Gasteiger partial charge on any atom is 0.234 e. The Balaban J connectivity index is 1.26. The summed E-state index contributed by atoms with van der Waals surface area (Å²) in [6, 6.07) is 15.8. The van der Waals surface area contributed by atoms with Crippen LogP contribution in [0.4, 0.5) is 5.69 Å². The molecule has 0 atom stereocenters. The average Bonchev–Trinajstić information content (AvgIpc) is 3.49. The summed E-state index contributed by atoms with van der Waals surface area (Å²) in [7, 11) is 0. The van der Waals surface area contributed by atoms with Gasteiger partial charge in [0.05, 0.1) is 25.4 Å². The number of amides is 1. The number of likely N-dealkylation sites (tertiary alicyclic amines) is 1. The van der Waals surface area contributed by atoms with Crippen LogP contribution in [0.25, 0.3) is 0 Å². The van der Waals surface area contributed by atoms with Crippen molar-refractivity contribution in [3.63, 3.8) is 0 Å². The van der Waals surface area contributed by atoms with Crippen molar-refractivity contribution in [2.24, 2.45) is 0 Å². The fourth-order valence-electron chi connectivity index (χ4n) is 4.20. The van der Waals surface area contributed by atoms with Gasteiger partial charge in [-0.3, -0.25) is 9.36 Å². The molecule has 8 nitrogen and oxygen atoms in total. The highest BCUT2D eigenvalue weighted by Crippen LogP contribution is 2.32. The SMILES string of the molecule is O=C(CSc1nnc(C[NH+]2CCCC2)n1Cc1ccccc1)Nc1ccc2c(c1)OCCO2. The van der Waals surface area contributed by atoms with E-state index < -0.39 is 0 Å². The topological polar surface area (TPSA) is 82.7 Å². The van der Waals surface area contributed by atoms with E-state index in [-0.39, 0.29) is 11.7 Å². The van der Waals surface area contributed by atoms with Crippen LogP contribution < -0.4 is 19.7 Å². The zero-order chi connectivity index (χ0) is 22.5. The van der Waals surface area contributed by atoms with Crippen LogP contribution >= 0.6 is 11.8 Å². The van der Waals surface area contributed by atoms with Crippen molar-refractivity contribution in [2.75, 3.05) is 37.4 Å². The molecule has 2 N–H and O–H groups in total. The Morgan fingerprint density at radius 2 is 1.82 bits per heavy atom. The molecule has 1 aromatic heterocycles. The summed E-state index contributed by atoms with van der Waals surface area (Å²) >= 11 is 1.41. The molecule has 1 saturated heterocycles. The number of nitrogens with zero attached hydrogens (tertiary/aromatic N) is 3. The van der Waals surface area contributed by atoms with Crippen LogP contribution in [-0.2, 0) is 17.9 Å². The van der Waals surface area contributed by atoms with E-state index in [4.69, 9.17) is 9.47 Å². The van der Waals surface area contributed by atoms with Gasteiger partial charge in [-0.25, -0.2) is 0 Å². The summed E-state index contributed by atoms with van der Waals surface area (Å²) in [5.41, 5.74) is 1.88. The van der Waals surface area contributed by atoms with E-state index in [1.54, 1.807) is 11.0 Å². The molecule has 0 spiro atoms. The molecule has 0 saturated carbocycles. The zero-order valence-electron chi connectivity index (χ0n) is 18.5. The second-order valence-electron chi connectivity index (χ2n) is 8.30. The second-order valence-corrected chi connectivity index (χ2v) is 9.24. The van der Waals surface area contributed by atoms with Gasteiger partial charge in [0.15, 0.2) is 22.5 Å². The van der Waals surface area contributed by atoms with Crippen molar-refractivity contribution in [1.82, 2.24) is 14.8 Å². The third-order valence-corrected chi connectivity index (χ3v) is 6.82. The van der Waals surface area contributed by atoms with Crippen LogP contribution in [0.15, 0.2) is 53.7 Å². The van der Waals surface area contributed by atoms with E-state index in [9.17, 15) is 4.79 Å². The van der Waals surface area contributed by atoms with Gasteiger partial charge in [0.2, 0.25) is 5.91 Å². The number of carbonyl (C=O) groups is 1. The van der Waals surface area contributed by atoms with Crippen molar-refractivity contribution >= 4 is 23.4 Å². The van der Waals surface area contributed by atoms with Gasteiger partial charge >= 0.3 is 0 Å². The molecule has 172 valence electrons. The molecule has 33 heavy (non-hydrogen) atoms. The van der Waals surface area contributed by atoms with Gasteiger partial charge in [0, 0.05) is 24.6 Å². The number of aromatic nitrogens is 3. The minimum Gasteiger partial charge on any atom is -0.486 e. The number of hydrogen-bond acceptors (Lipinski definition) is 6. The van der Waals surface area contributed by atoms with E-state index in [1.807, 2.05) is 30.3 Å². The Hall–Kier alpha value is -3.04. The summed E-state index contributed by atoms with van der Waals surface area (Å²) in [5.74, 6) is 2.49. The maximum absolute atomic E-state index is 12.6. The Bertz CT molecular complexity index is 1100. The number of anilines is 1. The number of rotatable bonds is 8. The normalized spacial score (nSPS) is 15.5. The number of fused-ring (bicyclic) bond motifs is 1. The first-order chi connectivity index (χ1) is 16.2. The maximum atomic E-state index is 12.6. The van der Waals surface area contributed by atoms with Crippen molar-refractivity contribution in [2.45, 2.75) is 31.1 Å². The number of thioether (sulfide) groups is 1. The Labute approximate surface area is 197 Å². The lowest BCUT2D eigenvalue weighted by atomic mass is 10.2. The van der Waals surface area contributed by atoms with Crippen molar-refractivity contribution in [1.29, 1.82) is 0 Å². The third-order valence-electron chi connectivity index (χ3n) is 5.85. The van der Waals surface area contributed by atoms with Crippen LogP contribution in [0.1, 0.15) is 24.2 Å². The van der Waals surface area contributed by atoms with Gasteiger partial charge in [-0.1, -0.05) is 42.1 Å². The molecular formula is C24H28N5O3S+. The first-order valence-corrected chi connectivity index (χ1v) is 12.3. The molecule has 3 heterocycles. The van der Waals surface area contributed by atoms with Crippen LogP contribution in [-0.4, -0.2) is 52.7 Å². The fraction of sp³-hybridized carbons (Fsp3) is 0.375. The van der Waals surface area contributed by atoms with Gasteiger partial charge in [0.25, 0.3) is 0 Å². The molecule has 3 aromatic rings. The number of nitrogens with one attached hydrogen (secondary N) is 2. The molecular weight excluding hydrogens is 438 g/mol. The van der Waals surface area contributed by atoms with Crippen LogP contribution in [0.2, 0.25) is 0 Å². The molecule has 0 bridgehead atoms. The largest absolute Gasteiger partial charge is 0.486 e. The van der Waals surface area contributed by atoms with Crippen molar-refractivity contribution < 1.29 is 19.2 Å². The number of hydrogen-bond donors (Lipinski definition) is 2. The second kappa shape index (κ2) is 10.3. The lowest BCUT2D eigenvalue weighted by Gasteiger charge is -2.19. The average molecular weight is 467 g/mol. The quantitative estimate of drug-likeness (QED) is 0.494. The summed E-state index contributed by atoms with van der Waals surface area (Å²) < 4.78 is 13.3. The highest BCUT2D eigenvalue weighted by molar-refractivity contribution is 7.99. The molecule has 0 unspecified atom stereocenters. The lowest BCUT2D eigenvalue weighted by molar-refractivity contribution is -0.902. The van der Waals surface area contributed by atoms with E-state index in [0.29, 0.717) is 36.9 Å². The lowest BCUT2D eigenvalue weighted by Crippen LogP contribution is -3.08. The first kappa shape index (κ1) is 21.8. The fourth-order valence-corrected chi connectivity index (χ4v) is 4.96. The predicted octanol–water partition coefficient (Wildman–Crippen LogP) is 2.01. The molecule has 1 fully saturated rings. The summed E-state index contributed by atoms with van der Waals surface area (Å²) in [6.07, 6.45) is 2.54. The van der Waals surface area contributed by atoms with Gasteiger partial charge in [-0.15, -0.1) is 10.2 Å². The summed E-state index contributed by atoms with van der Waals surface area (Å²) in [6.45, 7) is 4.97. The van der Waals surface area contributed by atoms with E-state index in [2.05, 4.69) is 32.2 Å². The van der Waals surface area contributed by atoms with Crippen molar-refractivity contribution in [3.05, 3.63) is 59.9 Å². The standard InChI is InChI=1S/C24H27N5O3S/c30-23(25-19-8-9-20-21(14-19)32-13-12-31-20)17-33-24-27-26-22(16-28-10-4-5-11-28)29(24)15-18-6-2-1-3-7-18/h1-3,6-9,14H,4-5,10-13,15-17H2,(H,25,30)/p+1. The molecule has 0 aliphatic carbocycles. The highest BCUT2D eigenvalue weighted by atomic mass is 32.2. The van der Waals surface area contributed by atoms with E-state index in [1.165, 1.54) is 43.3 Å². The van der Waals surface area contributed by atoms with Gasteiger partial charge in [-0.05, 0) is 17.7 Å². The van der Waals surface area contributed by atoms with E-state index >= 15 is 0 Å².